The van der Waals surface area contributed by atoms with Crippen molar-refractivity contribution in [3.05, 3.63) is 58.2 Å². The lowest BCUT2D eigenvalue weighted by Crippen LogP contribution is -2.37. The first kappa shape index (κ1) is 15.5. The van der Waals surface area contributed by atoms with Crippen LogP contribution in [0.25, 0.3) is 0 Å². The summed E-state index contributed by atoms with van der Waals surface area (Å²) in [7, 11) is 0. The summed E-state index contributed by atoms with van der Waals surface area (Å²) in [5, 5.41) is 6.04. The van der Waals surface area contributed by atoms with Gasteiger partial charge in [0, 0.05) is 17.2 Å². The average Bonchev–Trinajstić information content (AvgIpc) is 2.48. The van der Waals surface area contributed by atoms with Crippen LogP contribution in [0.1, 0.15) is 18.1 Å². The van der Waals surface area contributed by atoms with E-state index in [-0.39, 0.29) is 11.9 Å². The summed E-state index contributed by atoms with van der Waals surface area (Å²) < 4.78 is 0.923. The van der Waals surface area contributed by atoms with Crippen molar-refractivity contribution in [2.45, 2.75) is 26.4 Å². The molecule has 1 aromatic carbocycles. The predicted molar refractivity (Wildman–Crippen MR) is 88.0 cm³/mol. The molecule has 0 spiro atoms. The predicted octanol–water partition coefficient (Wildman–Crippen LogP) is 3.27. The lowest BCUT2D eigenvalue weighted by Gasteiger charge is -2.16. The minimum atomic E-state index is -0.346. The third kappa shape index (κ3) is 4.56. The first-order chi connectivity index (χ1) is 10.1. The monoisotopic (exact) mass is 347 g/mol. The van der Waals surface area contributed by atoms with Gasteiger partial charge >= 0.3 is 0 Å². The summed E-state index contributed by atoms with van der Waals surface area (Å²) in [6, 6.07) is 11.5. The number of anilines is 1. The van der Waals surface area contributed by atoms with Crippen LogP contribution in [0.15, 0.2) is 47.1 Å². The quantitative estimate of drug-likeness (QED) is 0.872. The maximum Gasteiger partial charge on any atom is 0.242 e. The number of nitrogens with one attached hydrogen (secondary N) is 2. The van der Waals surface area contributed by atoms with Crippen LogP contribution in [0, 0.1) is 6.92 Å². The first-order valence-electron chi connectivity index (χ1n) is 6.76. The molecule has 1 heterocycles. The van der Waals surface area contributed by atoms with Crippen LogP contribution in [-0.4, -0.2) is 16.9 Å². The number of carbonyl (C=O) groups is 1. The van der Waals surface area contributed by atoms with Gasteiger partial charge < -0.3 is 10.6 Å². The fourth-order valence-electron chi connectivity index (χ4n) is 1.90. The second-order valence-electron chi connectivity index (χ2n) is 4.89. The van der Waals surface area contributed by atoms with Crippen LogP contribution >= 0.6 is 15.9 Å². The van der Waals surface area contributed by atoms with Crippen molar-refractivity contribution in [2.24, 2.45) is 0 Å². The van der Waals surface area contributed by atoms with Crippen LogP contribution < -0.4 is 10.6 Å². The number of pyridine rings is 1. The zero-order valence-electron chi connectivity index (χ0n) is 12.1. The summed E-state index contributed by atoms with van der Waals surface area (Å²) in [6.07, 6.45) is 1.71. The van der Waals surface area contributed by atoms with E-state index in [1.807, 2.05) is 50.2 Å². The van der Waals surface area contributed by atoms with Gasteiger partial charge in [-0.05, 0) is 47.0 Å². The van der Waals surface area contributed by atoms with Gasteiger partial charge in [0.15, 0.2) is 0 Å². The first-order valence-corrected chi connectivity index (χ1v) is 7.56. The number of aryl methyl sites for hydroxylation is 1. The van der Waals surface area contributed by atoms with E-state index in [0.29, 0.717) is 6.54 Å². The van der Waals surface area contributed by atoms with Gasteiger partial charge in [0.05, 0.1) is 0 Å². The Labute approximate surface area is 133 Å². The van der Waals surface area contributed by atoms with Crippen LogP contribution in [0.3, 0.4) is 0 Å². The standard InChI is InChI=1S/C16H18BrN3O/c1-11-8-14(17)10-18-15(11)20-12(2)16(21)19-9-13-6-4-3-5-7-13/h3-8,10,12H,9H2,1-2H3,(H,18,20)(H,19,21). The molecule has 1 unspecified atom stereocenters. The van der Waals surface area contributed by atoms with Crippen LogP contribution in [-0.2, 0) is 11.3 Å². The van der Waals surface area contributed by atoms with Gasteiger partial charge in [0.2, 0.25) is 5.91 Å². The van der Waals surface area contributed by atoms with E-state index in [1.54, 1.807) is 6.20 Å². The van der Waals surface area contributed by atoms with Gasteiger partial charge in [-0.25, -0.2) is 4.98 Å². The third-order valence-electron chi connectivity index (χ3n) is 3.10. The van der Waals surface area contributed by atoms with Gasteiger partial charge in [-0.15, -0.1) is 0 Å². The van der Waals surface area contributed by atoms with Crippen molar-refractivity contribution >= 4 is 27.7 Å². The Morgan fingerprint density at radius 1 is 1.33 bits per heavy atom. The van der Waals surface area contributed by atoms with E-state index in [4.69, 9.17) is 0 Å². The van der Waals surface area contributed by atoms with Crippen molar-refractivity contribution in [2.75, 3.05) is 5.32 Å². The fourth-order valence-corrected chi connectivity index (χ4v) is 2.35. The van der Waals surface area contributed by atoms with Crippen molar-refractivity contribution < 1.29 is 4.79 Å². The molecule has 2 aromatic rings. The van der Waals surface area contributed by atoms with E-state index in [1.165, 1.54) is 0 Å². The number of nitrogens with zero attached hydrogens (tertiary/aromatic N) is 1. The number of hydrogen-bond acceptors (Lipinski definition) is 3. The highest BCUT2D eigenvalue weighted by atomic mass is 79.9. The van der Waals surface area contributed by atoms with Crippen molar-refractivity contribution in [1.29, 1.82) is 0 Å². The lowest BCUT2D eigenvalue weighted by atomic mass is 10.2. The highest BCUT2D eigenvalue weighted by Gasteiger charge is 2.13. The number of halogens is 1. The normalized spacial score (nSPS) is 11.8. The van der Waals surface area contributed by atoms with E-state index >= 15 is 0 Å². The van der Waals surface area contributed by atoms with Gasteiger partial charge in [-0.2, -0.15) is 0 Å². The molecule has 0 bridgehead atoms. The molecule has 0 aliphatic heterocycles. The van der Waals surface area contributed by atoms with Gasteiger partial charge in [0.25, 0.3) is 0 Å². The number of hydrogen-bond donors (Lipinski definition) is 2. The van der Waals surface area contributed by atoms with Crippen LogP contribution in [0.5, 0.6) is 0 Å². The Hall–Kier alpha value is -1.88. The third-order valence-corrected chi connectivity index (χ3v) is 3.53. The lowest BCUT2D eigenvalue weighted by molar-refractivity contribution is -0.121. The molecule has 1 aromatic heterocycles. The average molecular weight is 348 g/mol. The van der Waals surface area contributed by atoms with Crippen LogP contribution in [0.4, 0.5) is 5.82 Å². The molecule has 0 fully saturated rings. The van der Waals surface area contributed by atoms with E-state index in [0.717, 1.165) is 21.4 Å². The molecule has 110 valence electrons. The number of rotatable bonds is 5. The van der Waals surface area contributed by atoms with Crippen molar-refractivity contribution in [3.63, 3.8) is 0 Å². The molecule has 1 atom stereocenters. The largest absolute Gasteiger partial charge is 0.358 e. The molecule has 0 aliphatic carbocycles. The number of benzene rings is 1. The zero-order valence-corrected chi connectivity index (χ0v) is 13.6. The summed E-state index contributed by atoms with van der Waals surface area (Å²) in [5.74, 6) is 0.670. The molecule has 2 N–H and O–H groups in total. The molecule has 0 saturated carbocycles. The Morgan fingerprint density at radius 2 is 2.05 bits per heavy atom. The highest BCUT2D eigenvalue weighted by molar-refractivity contribution is 9.10. The maximum absolute atomic E-state index is 12.1. The summed E-state index contributed by atoms with van der Waals surface area (Å²) in [6.45, 7) is 4.30. The highest BCUT2D eigenvalue weighted by Crippen LogP contribution is 2.17. The Balaban J connectivity index is 1.90. The molecular formula is C16H18BrN3O. The Bertz CT molecular complexity index is 616. The molecule has 0 saturated heterocycles. The summed E-state index contributed by atoms with van der Waals surface area (Å²) in [4.78, 5) is 16.4. The Kier molecular flexibility index (Phi) is 5.33. The second-order valence-corrected chi connectivity index (χ2v) is 5.80. The van der Waals surface area contributed by atoms with Crippen LogP contribution in [0.2, 0.25) is 0 Å². The smallest absolute Gasteiger partial charge is 0.242 e. The molecule has 21 heavy (non-hydrogen) atoms. The van der Waals surface area contributed by atoms with Gasteiger partial charge in [-0.3, -0.25) is 4.79 Å². The molecule has 1 amide bonds. The van der Waals surface area contributed by atoms with Gasteiger partial charge in [-0.1, -0.05) is 30.3 Å². The minimum absolute atomic E-state index is 0.0528. The fraction of sp³-hybridized carbons (Fsp3) is 0.250. The summed E-state index contributed by atoms with van der Waals surface area (Å²) >= 11 is 3.37. The van der Waals surface area contributed by atoms with Gasteiger partial charge in [0.1, 0.15) is 11.9 Å². The molecule has 0 radical (unpaired) electrons. The molecular weight excluding hydrogens is 330 g/mol. The number of aromatic nitrogens is 1. The molecule has 4 nitrogen and oxygen atoms in total. The summed E-state index contributed by atoms with van der Waals surface area (Å²) in [5.41, 5.74) is 2.07. The molecule has 5 heteroatoms. The topological polar surface area (TPSA) is 54.0 Å². The molecule has 0 aliphatic rings. The maximum atomic E-state index is 12.1. The Morgan fingerprint density at radius 3 is 2.71 bits per heavy atom. The number of carbonyl (C=O) groups excluding carboxylic acids is 1. The SMILES string of the molecule is Cc1cc(Br)cnc1NC(C)C(=O)NCc1ccccc1. The van der Waals surface area contributed by atoms with Crippen molar-refractivity contribution in [3.8, 4) is 0 Å². The van der Waals surface area contributed by atoms with E-state index < -0.39 is 0 Å². The van der Waals surface area contributed by atoms with E-state index in [9.17, 15) is 4.79 Å². The zero-order chi connectivity index (χ0) is 15.2. The van der Waals surface area contributed by atoms with Crippen molar-refractivity contribution in [1.82, 2.24) is 10.3 Å². The number of amides is 1. The van der Waals surface area contributed by atoms with E-state index in [2.05, 4.69) is 31.5 Å². The second kappa shape index (κ2) is 7.22. The minimum Gasteiger partial charge on any atom is -0.358 e. The molecule has 2 rings (SSSR count).